The van der Waals surface area contributed by atoms with Crippen LogP contribution in [-0.2, 0) is 11.2 Å². The number of rotatable bonds is 4. The van der Waals surface area contributed by atoms with Crippen LogP contribution in [0.15, 0.2) is 48.5 Å². The van der Waals surface area contributed by atoms with Crippen LogP contribution in [0.25, 0.3) is 0 Å². The summed E-state index contributed by atoms with van der Waals surface area (Å²) < 4.78 is 0. The van der Waals surface area contributed by atoms with Gasteiger partial charge in [-0.15, -0.1) is 0 Å². The maximum Gasteiger partial charge on any atom is 0.271 e. The first-order chi connectivity index (χ1) is 11.0. The van der Waals surface area contributed by atoms with Gasteiger partial charge >= 0.3 is 0 Å². The minimum absolute atomic E-state index is 0.0449. The number of aryl methyl sites for hydroxylation is 1. The Bertz CT molecular complexity index is 747. The summed E-state index contributed by atoms with van der Waals surface area (Å²) in [7, 11) is 0. The van der Waals surface area contributed by atoms with Crippen molar-refractivity contribution in [3.8, 4) is 0 Å². The van der Waals surface area contributed by atoms with E-state index in [9.17, 15) is 14.9 Å². The lowest BCUT2D eigenvalue weighted by molar-refractivity contribution is -0.384. The third-order valence-electron chi connectivity index (χ3n) is 3.14. The molecule has 1 amide bonds. The van der Waals surface area contributed by atoms with Crippen LogP contribution in [0.3, 0.4) is 0 Å². The predicted octanol–water partition coefficient (Wildman–Crippen LogP) is 2.96. The number of non-ortho nitro benzene ring substituents is 1. The number of nitrogens with one attached hydrogen (secondary N) is 2. The van der Waals surface area contributed by atoms with E-state index in [1.54, 1.807) is 13.0 Å². The van der Waals surface area contributed by atoms with Gasteiger partial charge in [0.15, 0.2) is 5.11 Å². The molecule has 2 rings (SSSR count). The molecule has 6 nitrogen and oxygen atoms in total. The van der Waals surface area contributed by atoms with Gasteiger partial charge in [0.25, 0.3) is 5.69 Å². The van der Waals surface area contributed by atoms with Crippen LogP contribution in [0.1, 0.15) is 11.1 Å². The highest BCUT2D eigenvalue weighted by atomic mass is 32.1. The molecule has 0 spiro atoms. The van der Waals surface area contributed by atoms with Gasteiger partial charge in [-0.1, -0.05) is 36.4 Å². The SMILES string of the molecule is Cc1ccc([N+](=O)[O-])cc1NC(=S)NC(=O)Cc1ccccc1. The van der Waals surface area contributed by atoms with Gasteiger partial charge in [0.05, 0.1) is 11.3 Å². The highest BCUT2D eigenvalue weighted by Gasteiger charge is 2.11. The van der Waals surface area contributed by atoms with Crippen molar-refractivity contribution in [2.24, 2.45) is 0 Å². The molecule has 0 unspecified atom stereocenters. The molecular weight excluding hydrogens is 314 g/mol. The molecule has 0 saturated heterocycles. The van der Waals surface area contributed by atoms with E-state index in [4.69, 9.17) is 12.2 Å². The lowest BCUT2D eigenvalue weighted by Crippen LogP contribution is -2.35. The van der Waals surface area contributed by atoms with Gasteiger partial charge < -0.3 is 10.6 Å². The van der Waals surface area contributed by atoms with Crippen molar-refractivity contribution >= 4 is 34.6 Å². The number of hydrogen-bond donors (Lipinski definition) is 2. The first-order valence-electron chi connectivity index (χ1n) is 6.85. The Balaban J connectivity index is 1.98. The fourth-order valence-electron chi connectivity index (χ4n) is 1.96. The zero-order chi connectivity index (χ0) is 16.8. The van der Waals surface area contributed by atoms with Crippen molar-refractivity contribution in [3.63, 3.8) is 0 Å². The number of nitrogens with zero attached hydrogens (tertiary/aromatic N) is 1. The van der Waals surface area contributed by atoms with E-state index in [-0.39, 0.29) is 23.1 Å². The largest absolute Gasteiger partial charge is 0.332 e. The number of nitro groups is 1. The Morgan fingerprint density at radius 2 is 1.91 bits per heavy atom. The second-order valence-electron chi connectivity index (χ2n) is 4.92. The molecule has 0 aliphatic rings. The second kappa shape index (κ2) is 7.46. The summed E-state index contributed by atoms with van der Waals surface area (Å²) in [5, 5.41) is 16.3. The number of hydrogen-bond acceptors (Lipinski definition) is 4. The Morgan fingerprint density at radius 1 is 1.22 bits per heavy atom. The van der Waals surface area contributed by atoms with E-state index in [0.717, 1.165) is 11.1 Å². The number of nitro benzene ring substituents is 1. The Labute approximate surface area is 138 Å². The molecule has 0 aromatic heterocycles. The van der Waals surface area contributed by atoms with Crippen LogP contribution in [0, 0.1) is 17.0 Å². The number of thiocarbonyl (C=S) groups is 1. The first kappa shape index (κ1) is 16.6. The molecule has 0 radical (unpaired) electrons. The zero-order valence-corrected chi connectivity index (χ0v) is 13.2. The van der Waals surface area contributed by atoms with E-state index in [0.29, 0.717) is 5.69 Å². The average Bonchev–Trinajstić information content (AvgIpc) is 2.50. The molecule has 0 heterocycles. The molecule has 0 saturated carbocycles. The van der Waals surface area contributed by atoms with E-state index in [1.807, 2.05) is 30.3 Å². The Morgan fingerprint density at radius 3 is 2.57 bits per heavy atom. The lowest BCUT2D eigenvalue weighted by atomic mass is 10.1. The minimum Gasteiger partial charge on any atom is -0.332 e. The molecule has 7 heteroatoms. The number of carbonyl (C=O) groups is 1. The van der Waals surface area contributed by atoms with Gasteiger partial charge in [-0.3, -0.25) is 14.9 Å². The summed E-state index contributed by atoms with van der Waals surface area (Å²) in [6.45, 7) is 1.79. The van der Waals surface area contributed by atoms with Gasteiger partial charge in [-0.2, -0.15) is 0 Å². The van der Waals surface area contributed by atoms with Crippen LogP contribution in [0.4, 0.5) is 11.4 Å². The van der Waals surface area contributed by atoms with E-state index in [1.165, 1.54) is 12.1 Å². The van der Waals surface area contributed by atoms with E-state index >= 15 is 0 Å². The molecule has 0 bridgehead atoms. The molecule has 2 aromatic carbocycles. The summed E-state index contributed by atoms with van der Waals surface area (Å²) in [6, 6.07) is 13.7. The maximum absolute atomic E-state index is 11.9. The maximum atomic E-state index is 11.9. The van der Waals surface area contributed by atoms with Crippen LogP contribution in [0.2, 0.25) is 0 Å². The first-order valence-corrected chi connectivity index (χ1v) is 7.26. The number of benzene rings is 2. The number of carbonyl (C=O) groups excluding carboxylic acids is 1. The highest BCUT2D eigenvalue weighted by molar-refractivity contribution is 7.80. The normalized spacial score (nSPS) is 9.96. The van der Waals surface area contributed by atoms with Crippen LogP contribution in [0.5, 0.6) is 0 Å². The third-order valence-corrected chi connectivity index (χ3v) is 3.34. The zero-order valence-electron chi connectivity index (χ0n) is 12.4. The molecule has 2 N–H and O–H groups in total. The molecule has 2 aromatic rings. The van der Waals surface area contributed by atoms with Gasteiger partial charge in [0.1, 0.15) is 0 Å². The third kappa shape index (κ3) is 4.86. The van der Waals surface area contributed by atoms with Crippen LogP contribution >= 0.6 is 12.2 Å². The number of anilines is 1. The molecular formula is C16H15N3O3S. The fourth-order valence-corrected chi connectivity index (χ4v) is 2.19. The standard InChI is InChI=1S/C16H15N3O3S/c1-11-7-8-13(19(21)22)10-14(11)17-16(23)18-15(20)9-12-5-3-2-4-6-12/h2-8,10H,9H2,1H3,(H2,17,18,20,23). The quantitative estimate of drug-likeness (QED) is 0.512. The summed E-state index contributed by atoms with van der Waals surface area (Å²) in [4.78, 5) is 22.2. The minimum atomic E-state index is -0.484. The highest BCUT2D eigenvalue weighted by Crippen LogP contribution is 2.21. The van der Waals surface area contributed by atoms with Gasteiger partial charge in [0.2, 0.25) is 5.91 Å². The van der Waals surface area contributed by atoms with Gasteiger partial charge in [0, 0.05) is 17.8 Å². The molecule has 0 atom stereocenters. The number of amides is 1. The predicted molar refractivity (Wildman–Crippen MR) is 92.3 cm³/mol. The van der Waals surface area contributed by atoms with Crippen molar-refractivity contribution < 1.29 is 9.72 Å². The fraction of sp³-hybridized carbons (Fsp3) is 0.125. The molecule has 0 aliphatic heterocycles. The molecule has 118 valence electrons. The second-order valence-corrected chi connectivity index (χ2v) is 5.33. The van der Waals surface area contributed by atoms with Crippen LogP contribution in [-0.4, -0.2) is 15.9 Å². The Hall–Kier alpha value is -2.80. The van der Waals surface area contributed by atoms with Crippen molar-refractivity contribution in [2.75, 3.05) is 5.32 Å². The Kier molecular flexibility index (Phi) is 5.37. The topological polar surface area (TPSA) is 84.3 Å². The average molecular weight is 329 g/mol. The summed E-state index contributed by atoms with van der Waals surface area (Å²) in [5.41, 5.74) is 2.11. The monoisotopic (exact) mass is 329 g/mol. The van der Waals surface area contributed by atoms with Gasteiger partial charge in [-0.25, -0.2) is 0 Å². The lowest BCUT2D eigenvalue weighted by Gasteiger charge is -2.11. The smallest absolute Gasteiger partial charge is 0.271 e. The van der Waals surface area contributed by atoms with Crippen molar-refractivity contribution in [3.05, 3.63) is 69.8 Å². The molecule has 0 aliphatic carbocycles. The van der Waals surface area contributed by atoms with Crippen molar-refractivity contribution in [1.29, 1.82) is 0 Å². The summed E-state index contributed by atoms with van der Waals surface area (Å²) in [6.07, 6.45) is 0.205. The van der Waals surface area contributed by atoms with Crippen LogP contribution < -0.4 is 10.6 Å². The van der Waals surface area contributed by atoms with Gasteiger partial charge in [-0.05, 0) is 30.3 Å². The van der Waals surface area contributed by atoms with Crippen molar-refractivity contribution in [1.82, 2.24) is 5.32 Å². The van der Waals surface area contributed by atoms with Crippen molar-refractivity contribution in [2.45, 2.75) is 13.3 Å². The molecule has 0 fully saturated rings. The van der Waals surface area contributed by atoms with E-state index < -0.39 is 4.92 Å². The summed E-state index contributed by atoms with van der Waals surface area (Å²) >= 11 is 5.08. The van der Waals surface area contributed by atoms with E-state index in [2.05, 4.69) is 10.6 Å². The molecule has 23 heavy (non-hydrogen) atoms. The summed E-state index contributed by atoms with van der Waals surface area (Å²) in [5.74, 6) is -0.253.